The maximum atomic E-state index is 11.0. The van der Waals surface area contributed by atoms with Crippen molar-refractivity contribution in [1.29, 1.82) is 0 Å². The fraction of sp³-hybridized carbons (Fsp3) is 0.0909. The summed E-state index contributed by atoms with van der Waals surface area (Å²) < 4.78 is 5.14. The molecule has 0 fully saturated rings. The van der Waals surface area contributed by atoms with E-state index in [9.17, 15) is 4.79 Å². The number of nitrogens with two attached hydrogens (primary N) is 1. The van der Waals surface area contributed by atoms with Crippen molar-refractivity contribution in [3.8, 4) is 5.75 Å². The molecule has 0 unspecified atom stereocenters. The molecule has 82 valence electrons. The van der Waals surface area contributed by atoms with E-state index in [-0.39, 0.29) is 5.69 Å². The van der Waals surface area contributed by atoms with E-state index in [1.54, 1.807) is 18.2 Å². The normalized spacial score (nSPS) is 10.4. The van der Waals surface area contributed by atoms with Gasteiger partial charge in [0.1, 0.15) is 17.0 Å². The summed E-state index contributed by atoms with van der Waals surface area (Å²) in [5, 5.41) is 1.28. The lowest BCUT2D eigenvalue weighted by Gasteiger charge is -2.06. The second-order valence-corrected chi connectivity index (χ2v) is 3.61. The number of carbonyl (C=O) groups excluding carboxylic acids is 1. The van der Waals surface area contributed by atoms with Gasteiger partial charge in [0, 0.05) is 5.39 Å². The number of rotatable bonds is 2. The van der Waals surface area contributed by atoms with Crippen LogP contribution in [-0.4, -0.2) is 18.0 Å². The highest BCUT2D eigenvalue weighted by Gasteiger charge is 2.09. The molecule has 0 radical (unpaired) electrons. The van der Waals surface area contributed by atoms with Crippen LogP contribution in [-0.2, 0) is 0 Å². The number of hydrogen-bond donors (Lipinski definition) is 1. The van der Waals surface area contributed by atoms with Crippen LogP contribution >= 0.6 is 11.6 Å². The molecule has 0 aliphatic carbocycles. The van der Waals surface area contributed by atoms with Crippen molar-refractivity contribution in [1.82, 2.24) is 4.98 Å². The topological polar surface area (TPSA) is 65.2 Å². The summed E-state index contributed by atoms with van der Waals surface area (Å²) in [6.45, 7) is 0. The maximum Gasteiger partial charge on any atom is 0.267 e. The monoisotopic (exact) mass is 236 g/mol. The van der Waals surface area contributed by atoms with E-state index in [1.807, 2.05) is 0 Å². The van der Waals surface area contributed by atoms with Gasteiger partial charge in [0.05, 0.1) is 12.1 Å². The Kier molecular flexibility index (Phi) is 2.66. The maximum absolute atomic E-state index is 11.0. The fourth-order valence-electron chi connectivity index (χ4n) is 1.46. The van der Waals surface area contributed by atoms with Crippen LogP contribution in [0.1, 0.15) is 10.5 Å². The number of aromatic nitrogens is 1. The largest absolute Gasteiger partial charge is 0.494 e. The minimum atomic E-state index is -0.580. The fourth-order valence-corrected chi connectivity index (χ4v) is 1.67. The van der Waals surface area contributed by atoms with Crippen LogP contribution in [0.25, 0.3) is 10.9 Å². The van der Waals surface area contributed by atoms with E-state index in [0.717, 1.165) is 5.39 Å². The van der Waals surface area contributed by atoms with Crippen LogP contribution in [0.5, 0.6) is 5.75 Å². The van der Waals surface area contributed by atoms with Crippen molar-refractivity contribution < 1.29 is 9.53 Å². The summed E-state index contributed by atoms with van der Waals surface area (Å²) in [5.41, 5.74) is 5.88. The molecule has 1 aromatic heterocycles. The van der Waals surface area contributed by atoms with Crippen molar-refractivity contribution >= 4 is 28.4 Å². The van der Waals surface area contributed by atoms with Gasteiger partial charge in [0.2, 0.25) is 0 Å². The number of carbonyl (C=O) groups is 1. The van der Waals surface area contributed by atoms with Gasteiger partial charge >= 0.3 is 0 Å². The second kappa shape index (κ2) is 3.98. The lowest BCUT2D eigenvalue weighted by atomic mass is 10.2. The van der Waals surface area contributed by atoms with Crippen molar-refractivity contribution in [3.63, 3.8) is 0 Å². The summed E-state index contributed by atoms with van der Waals surface area (Å²) in [7, 11) is 1.53. The van der Waals surface area contributed by atoms with Crippen molar-refractivity contribution in [2.75, 3.05) is 7.11 Å². The molecule has 0 aliphatic heterocycles. The number of fused-ring (bicyclic) bond motifs is 1. The van der Waals surface area contributed by atoms with Crippen LogP contribution in [0, 0.1) is 0 Å². The highest BCUT2D eigenvalue weighted by molar-refractivity contribution is 6.35. The molecule has 1 amide bonds. The van der Waals surface area contributed by atoms with Gasteiger partial charge in [-0.2, -0.15) is 0 Å². The van der Waals surface area contributed by atoms with Gasteiger partial charge in [0.25, 0.3) is 5.91 Å². The molecule has 1 aromatic carbocycles. The highest BCUT2D eigenvalue weighted by Crippen LogP contribution is 2.29. The molecule has 16 heavy (non-hydrogen) atoms. The first-order valence-corrected chi connectivity index (χ1v) is 4.94. The van der Waals surface area contributed by atoms with Crippen LogP contribution < -0.4 is 10.5 Å². The van der Waals surface area contributed by atoms with Crippen molar-refractivity contribution in [2.24, 2.45) is 5.73 Å². The van der Waals surface area contributed by atoms with Gasteiger partial charge in [-0.15, -0.1) is 0 Å². The molecule has 5 heteroatoms. The van der Waals surface area contributed by atoms with Crippen LogP contribution in [0.3, 0.4) is 0 Å². The number of methoxy groups -OCH3 is 1. The average molecular weight is 237 g/mol. The lowest BCUT2D eigenvalue weighted by molar-refractivity contribution is 0.0996. The smallest absolute Gasteiger partial charge is 0.267 e. The third-order valence-electron chi connectivity index (χ3n) is 2.24. The third-order valence-corrected chi connectivity index (χ3v) is 2.57. The molecule has 0 bridgehead atoms. The van der Waals surface area contributed by atoms with Gasteiger partial charge in [-0.25, -0.2) is 4.98 Å². The predicted molar refractivity (Wildman–Crippen MR) is 61.8 cm³/mol. The molecule has 4 nitrogen and oxygen atoms in total. The Balaban J connectivity index is 2.79. The van der Waals surface area contributed by atoms with Gasteiger partial charge in [-0.05, 0) is 24.3 Å². The molecular formula is C11H9ClN2O2. The van der Waals surface area contributed by atoms with E-state index >= 15 is 0 Å². The molecule has 0 saturated heterocycles. The number of ether oxygens (including phenoxy) is 1. The number of benzene rings is 1. The highest BCUT2D eigenvalue weighted by atomic mass is 35.5. The summed E-state index contributed by atoms with van der Waals surface area (Å²) in [6.07, 6.45) is 0. The van der Waals surface area contributed by atoms with E-state index < -0.39 is 5.91 Å². The Bertz CT molecular complexity index is 569. The quantitative estimate of drug-likeness (QED) is 0.867. The number of primary amides is 1. The van der Waals surface area contributed by atoms with Gasteiger partial charge in [-0.3, -0.25) is 4.79 Å². The van der Waals surface area contributed by atoms with E-state index in [0.29, 0.717) is 16.3 Å². The van der Waals surface area contributed by atoms with Gasteiger partial charge < -0.3 is 10.5 Å². The molecule has 2 N–H and O–H groups in total. The standard InChI is InChI=1S/C11H9ClN2O2/c1-16-9-5-3-7(12)6-2-4-8(11(13)15)14-10(6)9/h2-5H,1H3,(H2,13,15). The molecular weight excluding hydrogens is 228 g/mol. The molecule has 0 atom stereocenters. The minimum absolute atomic E-state index is 0.188. The molecule has 1 heterocycles. The molecule has 0 saturated carbocycles. The number of hydrogen-bond acceptors (Lipinski definition) is 3. The Morgan fingerprint density at radius 2 is 2.12 bits per heavy atom. The van der Waals surface area contributed by atoms with E-state index in [1.165, 1.54) is 13.2 Å². The molecule has 0 spiro atoms. The zero-order chi connectivity index (χ0) is 11.7. The molecule has 2 rings (SSSR count). The van der Waals surface area contributed by atoms with Gasteiger partial charge in [0.15, 0.2) is 0 Å². The second-order valence-electron chi connectivity index (χ2n) is 3.21. The third kappa shape index (κ3) is 1.67. The SMILES string of the molecule is COc1ccc(Cl)c2ccc(C(N)=O)nc12. The summed E-state index contributed by atoms with van der Waals surface area (Å²) in [5.74, 6) is -0.0218. The van der Waals surface area contributed by atoms with Crippen LogP contribution in [0.15, 0.2) is 24.3 Å². The van der Waals surface area contributed by atoms with Crippen LogP contribution in [0.4, 0.5) is 0 Å². The summed E-state index contributed by atoms with van der Waals surface area (Å²) >= 11 is 6.01. The Morgan fingerprint density at radius 1 is 1.38 bits per heavy atom. The average Bonchev–Trinajstić information content (AvgIpc) is 2.29. The van der Waals surface area contributed by atoms with E-state index in [4.69, 9.17) is 22.1 Å². The zero-order valence-corrected chi connectivity index (χ0v) is 9.28. The van der Waals surface area contributed by atoms with Gasteiger partial charge in [-0.1, -0.05) is 11.6 Å². The van der Waals surface area contributed by atoms with Crippen molar-refractivity contribution in [2.45, 2.75) is 0 Å². The number of halogens is 1. The predicted octanol–water partition coefficient (Wildman–Crippen LogP) is 2.00. The first-order valence-electron chi connectivity index (χ1n) is 4.56. The van der Waals surface area contributed by atoms with E-state index in [2.05, 4.69) is 4.98 Å². The van der Waals surface area contributed by atoms with Crippen molar-refractivity contribution in [3.05, 3.63) is 35.0 Å². The Morgan fingerprint density at radius 3 is 2.75 bits per heavy atom. The number of amides is 1. The zero-order valence-electron chi connectivity index (χ0n) is 8.53. The first kappa shape index (κ1) is 10.7. The number of pyridine rings is 1. The van der Waals surface area contributed by atoms with Crippen LogP contribution in [0.2, 0.25) is 5.02 Å². The number of nitrogens with zero attached hydrogens (tertiary/aromatic N) is 1. The molecule has 2 aromatic rings. The molecule has 0 aliphatic rings. The Hall–Kier alpha value is -1.81. The first-order chi connectivity index (χ1) is 7.63. The minimum Gasteiger partial charge on any atom is -0.494 e. The lowest BCUT2D eigenvalue weighted by Crippen LogP contribution is -2.12. The summed E-state index contributed by atoms with van der Waals surface area (Å²) in [6, 6.07) is 6.65. The summed E-state index contributed by atoms with van der Waals surface area (Å²) in [4.78, 5) is 15.1. The Labute approximate surface area is 97.0 Å².